The van der Waals surface area contributed by atoms with Gasteiger partial charge in [0.15, 0.2) is 0 Å². The van der Waals surface area contributed by atoms with E-state index in [1.165, 1.54) is 11.1 Å². The van der Waals surface area contributed by atoms with Gasteiger partial charge in [-0.1, -0.05) is 90.0 Å². The van der Waals surface area contributed by atoms with E-state index in [0.717, 1.165) is 45.3 Å². The molecule has 246 valence electrons. The Morgan fingerprint density at radius 1 is 0.388 bits per heavy atom. The zero-order valence-electron chi connectivity index (χ0n) is 29.0. The summed E-state index contributed by atoms with van der Waals surface area (Å²) < 4.78 is 31.9. The fraction of sp³-hybridized carbons (Fsp3) is 0.200. The molecule has 6 aromatic rings. The van der Waals surface area contributed by atoms with E-state index in [1.54, 1.807) is 27.7 Å². The number of nitrogens with zero attached hydrogens (tertiary/aromatic N) is 2. The van der Waals surface area contributed by atoms with Gasteiger partial charge in [0.25, 0.3) is 5.92 Å². The van der Waals surface area contributed by atoms with Crippen molar-refractivity contribution in [3.8, 4) is 11.1 Å². The van der Waals surface area contributed by atoms with Crippen LogP contribution in [0.4, 0.5) is 42.9 Å². The summed E-state index contributed by atoms with van der Waals surface area (Å²) in [5.41, 5.74) is 9.03. The summed E-state index contributed by atoms with van der Waals surface area (Å²) in [6, 6.07) is 50.3. The van der Waals surface area contributed by atoms with Crippen LogP contribution in [0.25, 0.3) is 11.1 Å². The number of aryl methyl sites for hydroxylation is 2. The minimum atomic E-state index is -2.90. The average molecular weight is 649 g/mol. The Labute approximate surface area is 289 Å². The number of fused-ring (bicyclic) bond motifs is 1. The fourth-order valence-electron chi connectivity index (χ4n) is 7.36. The highest BCUT2D eigenvalue weighted by Gasteiger charge is 2.65. The number of hydrogen-bond acceptors (Lipinski definition) is 2. The Hall–Kier alpha value is -5.22. The van der Waals surface area contributed by atoms with E-state index in [9.17, 15) is 0 Å². The van der Waals surface area contributed by atoms with Gasteiger partial charge in [0.2, 0.25) is 0 Å². The first-order valence-corrected chi connectivity index (χ1v) is 16.9. The quantitative estimate of drug-likeness (QED) is 0.170. The topological polar surface area (TPSA) is 6.48 Å². The van der Waals surface area contributed by atoms with Crippen LogP contribution in [0.5, 0.6) is 0 Å². The Bertz CT molecular complexity index is 2010. The molecule has 6 aromatic carbocycles. The second kappa shape index (κ2) is 12.0. The van der Waals surface area contributed by atoms with Gasteiger partial charge in [-0.2, -0.15) is 0 Å². The molecule has 1 aliphatic carbocycles. The molecule has 0 aromatic heterocycles. The molecule has 4 heteroatoms. The molecular weight excluding hydrogens is 607 g/mol. The van der Waals surface area contributed by atoms with E-state index in [-0.39, 0.29) is 0 Å². The van der Waals surface area contributed by atoms with Gasteiger partial charge in [-0.15, -0.1) is 0 Å². The van der Waals surface area contributed by atoms with E-state index in [4.69, 9.17) is 0 Å². The first kappa shape index (κ1) is 32.3. The van der Waals surface area contributed by atoms with E-state index in [1.807, 2.05) is 54.6 Å². The maximum atomic E-state index is 16.0. The monoisotopic (exact) mass is 648 g/mol. The molecule has 1 aliphatic rings. The molecule has 0 bridgehead atoms. The van der Waals surface area contributed by atoms with Crippen molar-refractivity contribution in [1.29, 1.82) is 0 Å². The van der Waals surface area contributed by atoms with E-state index >= 15 is 8.78 Å². The van der Waals surface area contributed by atoms with Crippen molar-refractivity contribution in [2.75, 3.05) is 9.80 Å². The van der Waals surface area contributed by atoms with Gasteiger partial charge in [0.05, 0.1) is 10.8 Å². The maximum absolute atomic E-state index is 16.0. The lowest BCUT2D eigenvalue weighted by Gasteiger charge is -2.35. The summed E-state index contributed by atoms with van der Waals surface area (Å²) in [4.78, 5) is 4.53. The highest BCUT2D eigenvalue weighted by Crippen LogP contribution is 2.60. The molecule has 0 radical (unpaired) electrons. The van der Waals surface area contributed by atoms with Crippen molar-refractivity contribution in [1.82, 2.24) is 0 Å². The molecule has 0 atom stereocenters. The molecule has 0 unspecified atom stereocenters. The predicted molar refractivity (Wildman–Crippen MR) is 202 cm³/mol. The lowest BCUT2D eigenvalue weighted by molar-refractivity contribution is -0.105. The summed E-state index contributed by atoms with van der Waals surface area (Å²) in [6.45, 7) is 10.9. The molecule has 0 saturated heterocycles. The summed E-state index contributed by atoms with van der Waals surface area (Å²) in [5, 5.41) is 0. The molecule has 0 amide bonds. The molecular formula is C45H42F2N2. The molecule has 0 saturated carbocycles. The second-order valence-electron chi connectivity index (χ2n) is 14.3. The summed E-state index contributed by atoms with van der Waals surface area (Å²) in [6.07, 6.45) is 0. The third kappa shape index (κ3) is 5.50. The largest absolute Gasteiger partial charge is 0.310 e. The first-order valence-electron chi connectivity index (χ1n) is 16.9. The second-order valence-corrected chi connectivity index (χ2v) is 14.3. The summed E-state index contributed by atoms with van der Waals surface area (Å²) in [5.74, 6) is -2.90. The van der Waals surface area contributed by atoms with Crippen LogP contribution < -0.4 is 9.80 Å². The van der Waals surface area contributed by atoms with Crippen molar-refractivity contribution >= 4 is 34.1 Å². The third-order valence-corrected chi connectivity index (χ3v) is 10.3. The summed E-state index contributed by atoms with van der Waals surface area (Å²) >= 11 is 0. The van der Waals surface area contributed by atoms with Crippen LogP contribution in [-0.4, -0.2) is 5.92 Å². The van der Waals surface area contributed by atoms with Gasteiger partial charge >= 0.3 is 0 Å². The third-order valence-electron chi connectivity index (χ3n) is 10.3. The van der Waals surface area contributed by atoms with Gasteiger partial charge in [-0.3, -0.25) is 0 Å². The Morgan fingerprint density at radius 3 is 1.24 bits per heavy atom. The Kier molecular flexibility index (Phi) is 7.94. The highest BCUT2D eigenvalue weighted by atomic mass is 19.3. The van der Waals surface area contributed by atoms with Gasteiger partial charge in [-0.05, 0) is 131 Å². The van der Waals surface area contributed by atoms with Crippen LogP contribution in [0.2, 0.25) is 0 Å². The molecule has 0 N–H and O–H groups in total. The van der Waals surface area contributed by atoms with Crippen LogP contribution in [0.15, 0.2) is 146 Å². The van der Waals surface area contributed by atoms with Gasteiger partial charge in [-0.25, -0.2) is 8.78 Å². The lowest BCUT2D eigenvalue weighted by Crippen LogP contribution is -2.46. The van der Waals surface area contributed by atoms with Gasteiger partial charge < -0.3 is 9.80 Å². The first-order chi connectivity index (χ1) is 23.4. The lowest BCUT2D eigenvalue weighted by atomic mass is 9.77. The van der Waals surface area contributed by atoms with Crippen LogP contribution in [-0.2, 0) is 10.8 Å². The van der Waals surface area contributed by atoms with Crippen molar-refractivity contribution in [2.45, 2.75) is 58.3 Å². The number of alkyl halides is 2. The highest BCUT2D eigenvalue weighted by molar-refractivity contribution is 5.87. The standard InChI is InChI=1S/C45H42F2N2/c1-31-17-22-37(23-18-31)49(38-24-19-32(2)20-25-38)40-28-34(33-21-26-41-42(29-33)44(5,6)45(46,47)43(41,3)4)27-39(30-40)48(35-13-9-7-10-14-35)36-15-11-8-12-16-36/h7-30H,1-6H3. The molecule has 0 spiro atoms. The van der Waals surface area contributed by atoms with Crippen LogP contribution in [0.1, 0.15) is 49.9 Å². The number of hydrogen-bond donors (Lipinski definition) is 0. The van der Waals surface area contributed by atoms with E-state index < -0.39 is 16.8 Å². The molecule has 0 heterocycles. The Morgan fingerprint density at radius 2 is 0.796 bits per heavy atom. The number of para-hydroxylation sites is 2. The van der Waals surface area contributed by atoms with Crippen LogP contribution in [0, 0.1) is 13.8 Å². The smallest absolute Gasteiger partial charge is 0.266 e. The molecule has 7 rings (SSSR count). The molecule has 2 nitrogen and oxygen atoms in total. The molecule has 0 aliphatic heterocycles. The number of halogens is 2. The Balaban J connectivity index is 1.50. The van der Waals surface area contributed by atoms with Gasteiger partial charge in [0.1, 0.15) is 0 Å². The summed E-state index contributed by atoms with van der Waals surface area (Å²) in [7, 11) is 0. The van der Waals surface area contributed by atoms with Crippen LogP contribution >= 0.6 is 0 Å². The molecule has 49 heavy (non-hydrogen) atoms. The SMILES string of the molecule is Cc1ccc(N(c2ccc(C)cc2)c2cc(-c3ccc4c(c3)C(C)(C)C(F)(F)C4(C)C)cc(N(c3ccccc3)c3ccccc3)c2)cc1. The van der Waals surface area contributed by atoms with E-state index in [2.05, 4.69) is 115 Å². The fourth-order valence-corrected chi connectivity index (χ4v) is 7.36. The predicted octanol–water partition coefficient (Wildman–Crippen LogP) is 13.1. The average Bonchev–Trinajstić information content (AvgIpc) is 3.20. The van der Waals surface area contributed by atoms with Gasteiger partial charge in [0, 0.05) is 34.1 Å². The van der Waals surface area contributed by atoms with Crippen molar-refractivity contribution in [3.05, 3.63) is 168 Å². The maximum Gasteiger partial charge on any atom is 0.266 e. The minimum Gasteiger partial charge on any atom is -0.310 e. The van der Waals surface area contributed by atoms with Crippen molar-refractivity contribution in [3.63, 3.8) is 0 Å². The van der Waals surface area contributed by atoms with E-state index in [0.29, 0.717) is 11.1 Å². The molecule has 0 fully saturated rings. The normalized spacial score (nSPS) is 15.4. The number of rotatable bonds is 7. The minimum absolute atomic E-state index is 0.698. The van der Waals surface area contributed by atoms with Crippen molar-refractivity contribution < 1.29 is 8.78 Å². The zero-order chi connectivity index (χ0) is 34.6. The number of benzene rings is 6. The zero-order valence-corrected chi connectivity index (χ0v) is 29.0. The van der Waals surface area contributed by atoms with Crippen molar-refractivity contribution in [2.24, 2.45) is 0 Å². The number of anilines is 6. The van der Waals surface area contributed by atoms with Crippen LogP contribution in [0.3, 0.4) is 0 Å².